The van der Waals surface area contributed by atoms with E-state index < -0.39 is 0 Å². The van der Waals surface area contributed by atoms with E-state index in [1.807, 2.05) is 30.3 Å². The summed E-state index contributed by atoms with van der Waals surface area (Å²) in [6.07, 6.45) is 4.32. The second-order valence-electron chi connectivity index (χ2n) is 12.6. The number of benzene rings is 3. The molecule has 0 aromatic heterocycles. The van der Waals surface area contributed by atoms with E-state index in [-0.39, 0.29) is 10.8 Å². The van der Waals surface area contributed by atoms with Crippen molar-refractivity contribution < 1.29 is 23.9 Å². The minimum absolute atomic E-state index is 0.203. The van der Waals surface area contributed by atoms with Crippen LogP contribution in [0.1, 0.15) is 77.5 Å². The molecule has 1 heteroatoms. The van der Waals surface area contributed by atoms with E-state index in [0.717, 1.165) is 5.92 Å². The molecule has 0 amide bonds. The molecule has 0 saturated heterocycles. The van der Waals surface area contributed by atoms with Crippen LogP contribution in [-0.4, -0.2) is 3.26 Å². The molecule has 38 heavy (non-hydrogen) atoms. The molecule has 0 unspecified atom stereocenters. The number of rotatable bonds is 2. The molecule has 0 N–H and O–H groups in total. The zero-order valence-electron chi connectivity index (χ0n) is 24.0. The van der Waals surface area contributed by atoms with Crippen molar-refractivity contribution in [3.05, 3.63) is 120 Å². The number of hydrogen-bond donors (Lipinski definition) is 0. The monoisotopic (exact) mass is 666 g/mol. The van der Waals surface area contributed by atoms with E-state index in [9.17, 15) is 0 Å². The summed E-state index contributed by atoms with van der Waals surface area (Å²) in [6.45, 7) is 13.6. The van der Waals surface area contributed by atoms with Gasteiger partial charge in [-0.05, 0) is 10.8 Å². The maximum atomic E-state index is 2.35. The summed E-state index contributed by atoms with van der Waals surface area (Å²) >= 11 is 1.24. The van der Waals surface area contributed by atoms with Gasteiger partial charge in [-0.15, -0.1) is 39.7 Å². The summed E-state index contributed by atoms with van der Waals surface area (Å²) in [6, 6.07) is 37.1. The molecule has 0 heterocycles. The summed E-state index contributed by atoms with van der Waals surface area (Å²) in [5, 5.41) is 5.48. The van der Waals surface area contributed by atoms with Crippen LogP contribution in [0.25, 0.3) is 21.5 Å². The molecule has 5 aromatic carbocycles. The van der Waals surface area contributed by atoms with Gasteiger partial charge in [-0.1, -0.05) is 76.9 Å². The molecule has 0 radical (unpaired) electrons. The molecule has 6 rings (SSSR count). The first kappa shape index (κ1) is 28.6. The molecule has 1 fully saturated rings. The van der Waals surface area contributed by atoms with Gasteiger partial charge in [0.1, 0.15) is 0 Å². The molecule has 0 bridgehead atoms. The normalized spacial score (nSPS) is 13.8. The second-order valence-corrected chi connectivity index (χ2v) is 14.6. The Labute approximate surface area is 244 Å². The minimum atomic E-state index is 0.203. The van der Waals surface area contributed by atoms with Gasteiger partial charge < -0.3 is 0 Å². The maximum absolute atomic E-state index is 2.35. The van der Waals surface area contributed by atoms with E-state index in [0.29, 0.717) is 0 Å². The van der Waals surface area contributed by atoms with E-state index in [1.165, 1.54) is 81.4 Å². The maximum Gasteiger partial charge on any atom is -0.172 e. The Morgan fingerprint density at radius 2 is 1.18 bits per heavy atom. The first-order valence-corrected chi connectivity index (χ1v) is 15.8. The first-order chi connectivity index (χ1) is 18.0. The third-order valence-corrected chi connectivity index (χ3v) is 10.1. The van der Waals surface area contributed by atoms with E-state index in [4.69, 9.17) is 0 Å². The summed E-state index contributed by atoms with van der Waals surface area (Å²) in [5.74, 6) is 0.944. The van der Waals surface area contributed by atoms with Crippen LogP contribution >= 0.6 is 0 Å². The smallest absolute Gasteiger partial charge is 0.172 e. The summed E-state index contributed by atoms with van der Waals surface area (Å²) in [5.41, 5.74) is 4.71. The fourth-order valence-corrected chi connectivity index (χ4v) is 6.46. The molecule has 0 aliphatic heterocycles. The van der Waals surface area contributed by atoms with Crippen molar-refractivity contribution in [2.75, 3.05) is 0 Å². The van der Waals surface area contributed by atoms with Gasteiger partial charge in [0.25, 0.3) is 0 Å². The SMILES string of the molecule is CC(C)(C)c1ccc2c(c1)[cH-]c1cc(C(C)(C)C)ccc12.[Hf+2]=[C](c1ccccc1)C1CCC1.c1cc[cH-]c1. The van der Waals surface area contributed by atoms with Gasteiger partial charge in [-0.3, -0.25) is 0 Å². The van der Waals surface area contributed by atoms with Crippen molar-refractivity contribution >= 4 is 24.8 Å². The molecule has 0 atom stereocenters. The fourth-order valence-electron chi connectivity index (χ4n) is 4.83. The predicted octanol–water partition coefficient (Wildman–Crippen LogP) is 10.3. The molecule has 1 saturated carbocycles. The molecule has 0 nitrogen and oxygen atoms in total. The van der Waals surface area contributed by atoms with Crippen molar-refractivity contribution in [1.29, 1.82) is 0 Å². The molecular formula is C37H42Hf. The van der Waals surface area contributed by atoms with Crippen LogP contribution in [0.15, 0.2) is 103 Å². The van der Waals surface area contributed by atoms with Crippen LogP contribution < -0.4 is 0 Å². The van der Waals surface area contributed by atoms with Gasteiger partial charge in [0.2, 0.25) is 0 Å². The van der Waals surface area contributed by atoms with Gasteiger partial charge >= 0.3 is 88.2 Å². The summed E-state index contributed by atoms with van der Waals surface area (Å²) in [7, 11) is 0. The summed E-state index contributed by atoms with van der Waals surface area (Å²) < 4.78 is 1.72. The van der Waals surface area contributed by atoms with Crippen LogP contribution in [0.5, 0.6) is 0 Å². The van der Waals surface area contributed by atoms with E-state index in [1.54, 1.807) is 3.26 Å². The average Bonchev–Trinajstić information content (AvgIpc) is 3.54. The van der Waals surface area contributed by atoms with E-state index >= 15 is 0 Å². The van der Waals surface area contributed by atoms with Crippen LogP contribution in [0.2, 0.25) is 0 Å². The van der Waals surface area contributed by atoms with Crippen molar-refractivity contribution in [3.8, 4) is 0 Å². The minimum Gasteiger partial charge on any atom is -0.214 e. The average molecular weight is 665 g/mol. The Kier molecular flexibility index (Phi) is 9.19. The molecular weight excluding hydrogens is 623 g/mol. The van der Waals surface area contributed by atoms with Crippen molar-refractivity contribution in [1.82, 2.24) is 0 Å². The van der Waals surface area contributed by atoms with Gasteiger partial charge in [0.05, 0.1) is 0 Å². The first-order valence-electron chi connectivity index (χ1n) is 14.0. The third kappa shape index (κ3) is 7.17. The molecule has 194 valence electrons. The zero-order chi connectivity index (χ0) is 27.3. The van der Waals surface area contributed by atoms with Crippen molar-refractivity contribution in [3.63, 3.8) is 0 Å². The van der Waals surface area contributed by atoms with Crippen LogP contribution in [0, 0.1) is 5.92 Å². The largest absolute Gasteiger partial charge is 0.214 e. The Bertz CT molecular complexity index is 1360. The van der Waals surface area contributed by atoms with Gasteiger partial charge in [-0.25, -0.2) is 12.1 Å². The third-order valence-electron chi connectivity index (χ3n) is 7.59. The number of fused-ring (bicyclic) bond motifs is 3. The van der Waals surface area contributed by atoms with E-state index in [2.05, 4.69) is 114 Å². The molecule has 5 aromatic rings. The molecule has 1 aliphatic rings. The van der Waals surface area contributed by atoms with Crippen LogP contribution in [0.3, 0.4) is 0 Å². The predicted molar refractivity (Wildman–Crippen MR) is 164 cm³/mol. The standard InChI is InChI=1S/C21H25.C11H12.C5H5.Hf/c1-20(2,3)16-7-9-18-14(12-16)11-15-13-17(21(4,5)6)8-10-19(15)18;1-2-5-10(6-3-1)9-11-7-4-8-11;1-2-4-5-3-1;/h7-13H,1-6H3;1-3,5-6,11H,4,7-8H2;1-5H;/q-1;;-1;+2. The zero-order valence-corrected chi connectivity index (χ0v) is 27.6. The van der Waals surface area contributed by atoms with Crippen LogP contribution in [0.4, 0.5) is 0 Å². The fraction of sp³-hybridized carbons (Fsp3) is 0.324. The Hall–Kier alpha value is -2.38. The van der Waals surface area contributed by atoms with Gasteiger partial charge in [0.15, 0.2) is 0 Å². The van der Waals surface area contributed by atoms with Crippen molar-refractivity contribution in [2.45, 2.75) is 71.6 Å². The Morgan fingerprint density at radius 3 is 1.55 bits per heavy atom. The number of hydrogen-bond acceptors (Lipinski definition) is 0. The van der Waals surface area contributed by atoms with Crippen molar-refractivity contribution in [2.24, 2.45) is 5.92 Å². The quantitative estimate of drug-likeness (QED) is 0.130. The molecule has 1 aliphatic carbocycles. The Balaban J connectivity index is 0.000000164. The Morgan fingerprint density at radius 1 is 0.684 bits per heavy atom. The van der Waals surface area contributed by atoms with Crippen LogP contribution in [-0.2, 0) is 34.7 Å². The second kappa shape index (κ2) is 12.2. The topological polar surface area (TPSA) is 0 Å². The van der Waals surface area contributed by atoms with Gasteiger partial charge in [-0.2, -0.15) is 18.2 Å². The summed E-state index contributed by atoms with van der Waals surface area (Å²) in [4.78, 5) is 0. The molecule has 0 spiro atoms. The van der Waals surface area contributed by atoms with Gasteiger partial charge in [0, 0.05) is 0 Å².